The van der Waals surface area contributed by atoms with E-state index in [0.29, 0.717) is 12.8 Å². The number of rotatable bonds is 37. The molecular weight excluding hydrogens is 701 g/mol. The van der Waals surface area contributed by atoms with E-state index in [2.05, 4.69) is 86.8 Å². The summed E-state index contributed by atoms with van der Waals surface area (Å²) >= 11 is 0. The van der Waals surface area contributed by atoms with Crippen LogP contribution < -0.4 is 5.73 Å². The van der Waals surface area contributed by atoms with Crippen molar-refractivity contribution in [1.82, 2.24) is 0 Å². The number of ether oxygens (including phenoxy) is 2. The Labute approximate surface area is 328 Å². The lowest BCUT2D eigenvalue weighted by molar-refractivity contribution is -0.161. The summed E-state index contributed by atoms with van der Waals surface area (Å²) in [6.07, 6.45) is 49.1. The summed E-state index contributed by atoms with van der Waals surface area (Å²) in [4.78, 5) is 34.8. The fourth-order valence-corrected chi connectivity index (χ4v) is 5.77. The lowest BCUT2D eigenvalue weighted by atomic mass is 10.1. The molecule has 0 amide bonds. The normalized spacial score (nSPS) is 14.2. The smallest absolute Gasteiger partial charge is 0.462 e. The fourth-order valence-electron chi connectivity index (χ4n) is 5.01. The maximum atomic E-state index is 12.5. The summed E-state index contributed by atoms with van der Waals surface area (Å²) in [6.45, 7) is 3.48. The van der Waals surface area contributed by atoms with Crippen molar-refractivity contribution in [2.45, 2.75) is 155 Å². The van der Waals surface area contributed by atoms with Crippen molar-refractivity contribution in [3.63, 3.8) is 0 Å². The number of carbonyl (C=O) groups excluding carboxylic acids is 2. The third-order valence-corrected chi connectivity index (χ3v) is 9.01. The zero-order valence-electron chi connectivity index (χ0n) is 33.7. The Hall–Kier alpha value is -2.81. The van der Waals surface area contributed by atoms with E-state index in [0.717, 1.165) is 70.6 Å². The molecule has 0 bridgehead atoms. The van der Waals surface area contributed by atoms with Crippen molar-refractivity contribution < 1.29 is 37.6 Å². The number of phosphoric acid groups is 1. The fraction of sp³-hybridized carbons (Fsp3) is 0.636. The van der Waals surface area contributed by atoms with E-state index in [9.17, 15) is 19.0 Å². The summed E-state index contributed by atoms with van der Waals surface area (Å²) in [7, 11) is -4.40. The molecule has 0 aromatic carbocycles. The average Bonchev–Trinajstić information content (AvgIpc) is 3.16. The first-order valence-electron chi connectivity index (χ1n) is 20.6. The van der Waals surface area contributed by atoms with Gasteiger partial charge in [-0.25, -0.2) is 4.57 Å². The first-order valence-corrected chi connectivity index (χ1v) is 22.1. The second-order valence-corrected chi connectivity index (χ2v) is 14.6. The first-order chi connectivity index (χ1) is 26.3. The predicted molar refractivity (Wildman–Crippen MR) is 224 cm³/mol. The molecule has 9 nitrogen and oxygen atoms in total. The van der Waals surface area contributed by atoms with E-state index >= 15 is 0 Å². The highest BCUT2D eigenvalue weighted by molar-refractivity contribution is 7.47. The van der Waals surface area contributed by atoms with E-state index < -0.39 is 32.5 Å². The number of carbonyl (C=O) groups is 2. The van der Waals surface area contributed by atoms with Gasteiger partial charge in [0.2, 0.25) is 0 Å². The molecule has 0 fully saturated rings. The molecule has 1 unspecified atom stereocenters. The van der Waals surface area contributed by atoms with Crippen LogP contribution in [0.25, 0.3) is 0 Å². The number of hydrogen-bond acceptors (Lipinski definition) is 8. The second kappa shape index (κ2) is 39.9. The predicted octanol–water partition coefficient (Wildman–Crippen LogP) is 11.7. The van der Waals surface area contributed by atoms with Crippen LogP contribution in [-0.2, 0) is 32.7 Å². The van der Waals surface area contributed by atoms with Crippen LogP contribution in [0.5, 0.6) is 0 Å². The van der Waals surface area contributed by atoms with Crippen LogP contribution in [0, 0.1) is 0 Å². The topological polar surface area (TPSA) is 134 Å². The maximum absolute atomic E-state index is 12.5. The van der Waals surface area contributed by atoms with Crippen molar-refractivity contribution in [1.29, 1.82) is 0 Å². The van der Waals surface area contributed by atoms with Crippen LogP contribution in [0.2, 0.25) is 0 Å². The molecule has 308 valence electrons. The van der Waals surface area contributed by atoms with Crippen LogP contribution in [-0.4, -0.2) is 49.3 Å². The van der Waals surface area contributed by atoms with Crippen molar-refractivity contribution in [3.8, 4) is 0 Å². The number of esters is 2. The van der Waals surface area contributed by atoms with Gasteiger partial charge in [0.25, 0.3) is 0 Å². The van der Waals surface area contributed by atoms with Gasteiger partial charge in [-0.05, 0) is 77.0 Å². The molecule has 10 heteroatoms. The Bertz CT molecular complexity index is 1160. The number of allylic oxidation sites excluding steroid dienone is 14. The van der Waals surface area contributed by atoms with Gasteiger partial charge < -0.3 is 20.1 Å². The molecule has 0 aliphatic carbocycles. The van der Waals surface area contributed by atoms with Crippen LogP contribution in [0.1, 0.15) is 149 Å². The van der Waals surface area contributed by atoms with E-state index in [1.165, 1.54) is 38.5 Å². The maximum Gasteiger partial charge on any atom is 0.472 e. The number of hydrogen-bond donors (Lipinski definition) is 2. The highest BCUT2D eigenvalue weighted by atomic mass is 31.2. The molecule has 0 aliphatic rings. The zero-order valence-corrected chi connectivity index (χ0v) is 34.6. The molecule has 0 aromatic heterocycles. The van der Waals surface area contributed by atoms with Crippen molar-refractivity contribution in [2.75, 3.05) is 26.4 Å². The Balaban J connectivity index is 4.35. The van der Waals surface area contributed by atoms with Gasteiger partial charge in [0.15, 0.2) is 6.10 Å². The van der Waals surface area contributed by atoms with Gasteiger partial charge in [-0.15, -0.1) is 0 Å². The molecule has 0 saturated heterocycles. The van der Waals surface area contributed by atoms with Gasteiger partial charge in [-0.1, -0.05) is 144 Å². The van der Waals surface area contributed by atoms with E-state index in [1.54, 1.807) is 0 Å². The Morgan fingerprint density at radius 1 is 0.574 bits per heavy atom. The Morgan fingerprint density at radius 2 is 1.06 bits per heavy atom. The zero-order chi connectivity index (χ0) is 39.6. The molecule has 3 N–H and O–H groups in total. The minimum absolute atomic E-state index is 0.0365. The molecular formula is C44H74NO8P. The molecule has 0 aliphatic heterocycles. The van der Waals surface area contributed by atoms with Crippen molar-refractivity contribution in [2.24, 2.45) is 5.73 Å². The van der Waals surface area contributed by atoms with Gasteiger partial charge in [0.1, 0.15) is 6.61 Å². The largest absolute Gasteiger partial charge is 0.472 e. The van der Waals surface area contributed by atoms with E-state index in [4.69, 9.17) is 24.3 Å². The average molecular weight is 776 g/mol. The monoisotopic (exact) mass is 776 g/mol. The van der Waals surface area contributed by atoms with Crippen LogP contribution in [0.4, 0.5) is 0 Å². The van der Waals surface area contributed by atoms with Crippen LogP contribution >= 0.6 is 7.82 Å². The van der Waals surface area contributed by atoms with E-state index in [1.807, 2.05) is 12.2 Å². The Morgan fingerprint density at radius 3 is 1.59 bits per heavy atom. The molecule has 0 rings (SSSR count). The number of unbranched alkanes of at least 4 members (excludes halogenated alkanes) is 10. The highest BCUT2D eigenvalue weighted by Crippen LogP contribution is 2.43. The molecule has 0 spiro atoms. The lowest BCUT2D eigenvalue weighted by Crippen LogP contribution is -2.29. The second-order valence-electron chi connectivity index (χ2n) is 13.1. The van der Waals surface area contributed by atoms with Gasteiger partial charge in [0.05, 0.1) is 13.2 Å². The van der Waals surface area contributed by atoms with Crippen molar-refractivity contribution in [3.05, 3.63) is 85.1 Å². The third-order valence-electron chi connectivity index (χ3n) is 8.03. The van der Waals surface area contributed by atoms with Crippen LogP contribution in [0.15, 0.2) is 85.1 Å². The summed E-state index contributed by atoms with van der Waals surface area (Å²) < 4.78 is 32.6. The van der Waals surface area contributed by atoms with Gasteiger partial charge in [-0.2, -0.15) is 0 Å². The van der Waals surface area contributed by atoms with Crippen molar-refractivity contribution >= 4 is 19.8 Å². The minimum Gasteiger partial charge on any atom is -0.462 e. The van der Waals surface area contributed by atoms with Gasteiger partial charge in [-0.3, -0.25) is 18.6 Å². The molecule has 0 heterocycles. The molecule has 2 atom stereocenters. The summed E-state index contributed by atoms with van der Waals surface area (Å²) in [6, 6.07) is 0. The summed E-state index contributed by atoms with van der Waals surface area (Å²) in [5.41, 5.74) is 5.33. The molecule has 54 heavy (non-hydrogen) atoms. The quantitative estimate of drug-likeness (QED) is 0.0274. The third kappa shape index (κ3) is 38.9. The highest BCUT2D eigenvalue weighted by Gasteiger charge is 2.25. The van der Waals surface area contributed by atoms with Gasteiger partial charge >= 0.3 is 19.8 Å². The minimum atomic E-state index is -4.40. The first kappa shape index (κ1) is 51.2. The number of phosphoric ester groups is 1. The van der Waals surface area contributed by atoms with Crippen LogP contribution in [0.3, 0.4) is 0 Å². The molecule has 0 saturated carbocycles. The SMILES string of the molecule is CC/C=C\C/C=C\C/C=C\C/C=C\C/C=C\C/C=C\CCC(=O)O[C@H](COC(=O)CCCCCCC/C=C\CCCCCCC)COP(=O)(O)OCCN. The summed E-state index contributed by atoms with van der Waals surface area (Å²) in [5, 5.41) is 0. The standard InChI is InChI=1S/C44H74NO8P/c1-3-5-7-9-11-13-15-17-19-20-21-22-23-25-27-29-31-33-35-37-44(47)53-42(41-52-54(48,49)51-39-38-45)40-50-43(46)36-34-32-30-28-26-24-18-16-14-12-10-8-6-4-2/h5,7,11,13,16-19,21-22,25,27,31,33,42H,3-4,6,8-10,12,14-15,20,23-24,26,28-30,32,34-41,45H2,1-2H3,(H,48,49)/b7-5-,13-11-,18-16-,19-17-,22-21-,27-25-,33-31-/t42-/m1/s1. The molecule has 0 aromatic rings. The molecule has 0 radical (unpaired) electrons. The lowest BCUT2D eigenvalue weighted by Gasteiger charge is -2.19. The summed E-state index contributed by atoms with van der Waals surface area (Å²) in [5.74, 6) is -0.945. The van der Waals surface area contributed by atoms with E-state index in [-0.39, 0.29) is 32.6 Å². The van der Waals surface area contributed by atoms with Gasteiger partial charge in [0, 0.05) is 19.4 Å². The Kier molecular flexibility index (Phi) is 37.8. The number of nitrogens with two attached hydrogens (primary N) is 1.